The molecule has 0 spiro atoms. The van der Waals surface area contributed by atoms with Crippen LogP contribution in [0.1, 0.15) is 37.3 Å². The van der Waals surface area contributed by atoms with Crippen LogP contribution in [0.25, 0.3) is 0 Å². The van der Waals surface area contributed by atoms with Gasteiger partial charge in [0.1, 0.15) is 18.5 Å². The number of rotatable bonds is 10. The number of hydrogen-bond donors (Lipinski definition) is 2. The molecule has 1 unspecified atom stereocenters. The maximum atomic E-state index is 12.5. The number of carboxylic acid groups (broad SMARTS) is 1. The van der Waals surface area contributed by atoms with Gasteiger partial charge >= 0.3 is 11.9 Å². The summed E-state index contributed by atoms with van der Waals surface area (Å²) in [7, 11) is 0. The summed E-state index contributed by atoms with van der Waals surface area (Å²) < 4.78 is 11.5. The molecule has 3 heterocycles. The van der Waals surface area contributed by atoms with Crippen LogP contribution in [0.2, 0.25) is 0 Å². The second-order valence-electron chi connectivity index (χ2n) is 9.26. The molecule has 2 N–H and O–H groups in total. The largest absolute Gasteiger partial charge is 0.488 e. The number of anilines is 1. The summed E-state index contributed by atoms with van der Waals surface area (Å²) in [6.07, 6.45) is 3.70. The second-order valence-corrected chi connectivity index (χ2v) is 9.26. The average Bonchev–Trinajstić information content (AvgIpc) is 2.88. The number of ether oxygens (including phenoxy) is 2. The SMILES string of the molecule is CCC(=O)Nc1ccc(OC/C(=C\C(=O)OC2CN3CCC2CC3)C(=O)O)c(Cc2ccccc2)c1. The van der Waals surface area contributed by atoms with E-state index in [2.05, 4.69) is 10.2 Å². The first-order valence-electron chi connectivity index (χ1n) is 12.4. The summed E-state index contributed by atoms with van der Waals surface area (Å²) in [6.45, 7) is 4.23. The number of fused-ring (bicyclic) bond motifs is 3. The van der Waals surface area contributed by atoms with Crippen molar-refractivity contribution in [2.45, 2.75) is 38.7 Å². The molecule has 8 nitrogen and oxygen atoms in total. The molecule has 3 saturated heterocycles. The highest BCUT2D eigenvalue weighted by Gasteiger charge is 2.36. The zero-order chi connectivity index (χ0) is 25.5. The number of nitrogens with zero attached hydrogens (tertiary/aromatic N) is 1. The normalized spacial score (nSPS) is 21.0. The van der Waals surface area contributed by atoms with E-state index in [1.54, 1.807) is 19.1 Å². The van der Waals surface area contributed by atoms with E-state index < -0.39 is 11.9 Å². The number of nitrogens with one attached hydrogen (secondary N) is 1. The summed E-state index contributed by atoms with van der Waals surface area (Å²) in [6, 6.07) is 15.0. The van der Waals surface area contributed by atoms with Crippen molar-refractivity contribution in [3.05, 3.63) is 71.3 Å². The fraction of sp³-hybridized carbons (Fsp3) is 0.393. The number of carboxylic acids is 1. The Balaban J connectivity index is 1.47. The lowest BCUT2D eigenvalue weighted by Crippen LogP contribution is -2.51. The van der Waals surface area contributed by atoms with Gasteiger partial charge in [-0.05, 0) is 55.6 Å². The Kier molecular flexibility index (Phi) is 8.38. The van der Waals surface area contributed by atoms with Crippen molar-refractivity contribution in [3.63, 3.8) is 0 Å². The van der Waals surface area contributed by atoms with Crippen LogP contribution >= 0.6 is 0 Å². The Hall–Kier alpha value is -3.65. The number of carbonyl (C=O) groups excluding carboxylic acids is 2. The number of esters is 1. The third-order valence-corrected chi connectivity index (χ3v) is 6.72. The molecular formula is C28H32N2O6. The molecule has 5 rings (SSSR count). The van der Waals surface area contributed by atoms with E-state index in [0.717, 1.165) is 43.1 Å². The van der Waals surface area contributed by atoms with Crippen LogP contribution in [0.3, 0.4) is 0 Å². The number of benzene rings is 2. The van der Waals surface area contributed by atoms with Gasteiger partial charge in [0, 0.05) is 36.7 Å². The van der Waals surface area contributed by atoms with Gasteiger partial charge in [0.25, 0.3) is 0 Å². The monoisotopic (exact) mass is 492 g/mol. The third-order valence-electron chi connectivity index (χ3n) is 6.72. The first kappa shape index (κ1) is 25.4. The molecule has 36 heavy (non-hydrogen) atoms. The summed E-state index contributed by atoms with van der Waals surface area (Å²) in [4.78, 5) is 38.5. The highest BCUT2D eigenvalue weighted by molar-refractivity contribution is 5.95. The zero-order valence-electron chi connectivity index (χ0n) is 20.4. The quantitative estimate of drug-likeness (QED) is 0.385. The van der Waals surface area contributed by atoms with Crippen LogP contribution in [0.5, 0.6) is 5.75 Å². The summed E-state index contributed by atoms with van der Waals surface area (Å²) >= 11 is 0. The Morgan fingerprint density at radius 2 is 1.86 bits per heavy atom. The second kappa shape index (κ2) is 11.9. The van der Waals surface area contributed by atoms with Crippen LogP contribution in [0.15, 0.2) is 60.2 Å². The molecule has 0 radical (unpaired) electrons. The van der Waals surface area contributed by atoms with E-state index >= 15 is 0 Å². The Morgan fingerprint density at radius 3 is 2.50 bits per heavy atom. The lowest BCUT2D eigenvalue weighted by atomic mass is 9.86. The topological polar surface area (TPSA) is 105 Å². The lowest BCUT2D eigenvalue weighted by Gasteiger charge is -2.43. The van der Waals surface area contributed by atoms with Crippen molar-refractivity contribution in [3.8, 4) is 5.75 Å². The Bertz CT molecular complexity index is 1120. The summed E-state index contributed by atoms with van der Waals surface area (Å²) in [5, 5.41) is 12.5. The van der Waals surface area contributed by atoms with Gasteiger partial charge in [-0.1, -0.05) is 37.3 Å². The van der Waals surface area contributed by atoms with Gasteiger partial charge in [-0.15, -0.1) is 0 Å². The van der Waals surface area contributed by atoms with Crippen LogP contribution in [-0.4, -0.2) is 60.2 Å². The molecule has 190 valence electrons. The minimum Gasteiger partial charge on any atom is -0.488 e. The number of amides is 1. The molecule has 8 heteroatoms. The minimum atomic E-state index is -1.24. The fourth-order valence-electron chi connectivity index (χ4n) is 4.69. The van der Waals surface area contributed by atoms with Crippen molar-refractivity contribution < 1.29 is 29.0 Å². The predicted molar refractivity (Wildman–Crippen MR) is 135 cm³/mol. The van der Waals surface area contributed by atoms with E-state index in [1.807, 2.05) is 36.4 Å². The number of hydrogen-bond acceptors (Lipinski definition) is 6. The molecule has 0 aromatic heterocycles. The predicted octanol–water partition coefficient (Wildman–Crippen LogP) is 3.65. The molecule has 1 atom stereocenters. The standard InChI is InChI=1S/C28H32N2O6/c1-2-26(31)29-23-8-9-24(21(15-23)14-19-6-4-3-5-7-19)35-18-22(28(33)34)16-27(32)36-25-17-30-12-10-20(25)11-13-30/h3-9,15-16,20,25H,2,10-14,17-18H2,1H3,(H,29,31)(H,33,34)/b22-16+. The smallest absolute Gasteiger partial charge is 0.335 e. The highest BCUT2D eigenvalue weighted by atomic mass is 16.5. The van der Waals surface area contributed by atoms with Gasteiger partial charge in [-0.2, -0.15) is 0 Å². The molecule has 3 fully saturated rings. The van der Waals surface area contributed by atoms with E-state index in [0.29, 0.717) is 36.7 Å². The molecule has 3 aliphatic heterocycles. The number of carbonyl (C=O) groups is 3. The van der Waals surface area contributed by atoms with Crippen molar-refractivity contribution in [2.24, 2.45) is 5.92 Å². The van der Waals surface area contributed by atoms with Gasteiger partial charge in [0.2, 0.25) is 5.91 Å². The van der Waals surface area contributed by atoms with Crippen LogP contribution < -0.4 is 10.1 Å². The average molecular weight is 493 g/mol. The number of piperidine rings is 3. The van der Waals surface area contributed by atoms with Gasteiger partial charge in [-0.25, -0.2) is 9.59 Å². The third kappa shape index (κ3) is 6.73. The fourth-order valence-corrected chi connectivity index (χ4v) is 4.69. The summed E-state index contributed by atoms with van der Waals surface area (Å²) in [5.41, 5.74) is 2.27. The minimum absolute atomic E-state index is 0.105. The molecule has 1 amide bonds. The Morgan fingerprint density at radius 1 is 1.11 bits per heavy atom. The van der Waals surface area contributed by atoms with Gasteiger partial charge in [0.15, 0.2) is 0 Å². The van der Waals surface area contributed by atoms with Crippen molar-refractivity contribution >= 4 is 23.5 Å². The van der Waals surface area contributed by atoms with Gasteiger partial charge in [0.05, 0.1) is 5.57 Å². The van der Waals surface area contributed by atoms with Gasteiger partial charge < -0.3 is 19.9 Å². The van der Waals surface area contributed by atoms with Crippen LogP contribution in [0.4, 0.5) is 5.69 Å². The highest BCUT2D eigenvalue weighted by Crippen LogP contribution is 2.30. The molecule has 0 aliphatic carbocycles. The maximum absolute atomic E-state index is 12.5. The van der Waals surface area contributed by atoms with Crippen molar-refractivity contribution in [1.82, 2.24) is 4.90 Å². The van der Waals surface area contributed by atoms with Crippen molar-refractivity contribution in [2.75, 3.05) is 31.6 Å². The van der Waals surface area contributed by atoms with E-state index in [-0.39, 0.29) is 24.2 Å². The first-order valence-corrected chi connectivity index (χ1v) is 12.4. The summed E-state index contributed by atoms with van der Waals surface area (Å²) in [5.74, 6) is -1.18. The molecule has 0 saturated carbocycles. The van der Waals surface area contributed by atoms with Crippen LogP contribution in [-0.2, 0) is 25.5 Å². The van der Waals surface area contributed by atoms with Crippen LogP contribution in [0, 0.1) is 5.92 Å². The molecule has 3 aliphatic rings. The van der Waals surface area contributed by atoms with E-state index in [4.69, 9.17) is 9.47 Å². The van der Waals surface area contributed by atoms with E-state index in [1.165, 1.54) is 0 Å². The zero-order valence-corrected chi connectivity index (χ0v) is 20.4. The first-order chi connectivity index (χ1) is 17.4. The molecule has 2 bridgehead atoms. The van der Waals surface area contributed by atoms with Gasteiger partial charge in [-0.3, -0.25) is 9.69 Å². The lowest BCUT2D eigenvalue weighted by molar-refractivity contribution is -0.153. The number of aliphatic carboxylic acids is 1. The van der Waals surface area contributed by atoms with E-state index in [9.17, 15) is 19.5 Å². The molecule has 2 aromatic rings. The Labute approximate surface area is 210 Å². The molecular weight excluding hydrogens is 460 g/mol. The van der Waals surface area contributed by atoms with Crippen molar-refractivity contribution in [1.29, 1.82) is 0 Å². The molecule has 2 aromatic carbocycles. The maximum Gasteiger partial charge on any atom is 0.335 e.